The Morgan fingerprint density at radius 2 is 1.69 bits per heavy atom. The van der Waals surface area contributed by atoms with Crippen molar-refractivity contribution >= 4 is 23.9 Å². The lowest BCUT2D eigenvalue weighted by atomic mass is 9.98. The van der Waals surface area contributed by atoms with Gasteiger partial charge in [-0.25, -0.2) is 9.59 Å². The number of amides is 2. The third-order valence-corrected chi connectivity index (χ3v) is 5.05. The fourth-order valence-corrected chi connectivity index (χ4v) is 3.54. The van der Waals surface area contributed by atoms with E-state index < -0.39 is 30.6 Å². The van der Waals surface area contributed by atoms with Crippen LogP contribution in [0.5, 0.6) is 0 Å². The number of nitrogens with zero attached hydrogens (tertiary/aromatic N) is 1. The summed E-state index contributed by atoms with van der Waals surface area (Å²) in [6, 6.07) is 17.0. The first-order chi connectivity index (χ1) is 15.4. The predicted molar refractivity (Wildman–Crippen MR) is 111 cm³/mol. The number of anilines is 1. The first-order valence-corrected chi connectivity index (χ1v) is 9.72. The molecule has 164 valence electrons. The molecule has 1 aromatic heterocycles. The molecule has 4 rings (SSSR count). The number of nitrogens with one attached hydrogen (secondary N) is 2. The number of benzene rings is 2. The zero-order valence-electron chi connectivity index (χ0n) is 16.6. The van der Waals surface area contributed by atoms with Crippen LogP contribution in [-0.4, -0.2) is 52.6 Å². The molecule has 32 heavy (non-hydrogen) atoms. The summed E-state index contributed by atoms with van der Waals surface area (Å²) < 4.78 is 10.3. The second-order valence-electron chi connectivity index (χ2n) is 7.09. The Balaban J connectivity index is 1.34. The number of fused-ring (bicyclic) bond motifs is 3. The molecule has 10 nitrogen and oxygen atoms in total. The van der Waals surface area contributed by atoms with E-state index in [1.54, 1.807) is 0 Å². The van der Waals surface area contributed by atoms with Crippen molar-refractivity contribution in [2.75, 3.05) is 18.5 Å². The molecule has 0 aliphatic heterocycles. The van der Waals surface area contributed by atoms with Gasteiger partial charge in [0.15, 0.2) is 11.8 Å². The second-order valence-corrected chi connectivity index (χ2v) is 7.09. The van der Waals surface area contributed by atoms with E-state index in [9.17, 15) is 19.5 Å². The van der Waals surface area contributed by atoms with E-state index in [4.69, 9.17) is 14.4 Å². The van der Waals surface area contributed by atoms with Gasteiger partial charge in [-0.1, -0.05) is 53.7 Å². The van der Waals surface area contributed by atoms with Gasteiger partial charge >= 0.3 is 12.1 Å². The molecule has 0 fully saturated rings. The lowest BCUT2D eigenvalue weighted by molar-refractivity contribution is -0.146. The molecular formula is C22H19N3O7. The third-order valence-electron chi connectivity index (χ3n) is 5.05. The van der Waals surface area contributed by atoms with Gasteiger partial charge in [0, 0.05) is 12.0 Å². The summed E-state index contributed by atoms with van der Waals surface area (Å²) >= 11 is 0. The van der Waals surface area contributed by atoms with Crippen molar-refractivity contribution in [3.8, 4) is 11.1 Å². The van der Waals surface area contributed by atoms with Crippen LogP contribution >= 0.6 is 0 Å². The van der Waals surface area contributed by atoms with Gasteiger partial charge in [0.05, 0.1) is 6.54 Å². The summed E-state index contributed by atoms with van der Waals surface area (Å²) in [5.74, 6) is -2.46. The van der Waals surface area contributed by atoms with Crippen LogP contribution in [0, 0.1) is 0 Å². The summed E-state index contributed by atoms with van der Waals surface area (Å²) in [6.07, 6.45) is -2.53. The van der Waals surface area contributed by atoms with Gasteiger partial charge in [-0.3, -0.25) is 10.1 Å². The number of carbonyl (C=O) groups is 3. The Kier molecular flexibility index (Phi) is 5.86. The summed E-state index contributed by atoms with van der Waals surface area (Å²) in [5, 5.41) is 25.8. The molecule has 1 aliphatic rings. The van der Waals surface area contributed by atoms with Crippen molar-refractivity contribution in [3.05, 3.63) is 71.4 Å². The lowest BCUT2D eigenvalue weighted by Gasteiger charge is -2.13. The van der Waals surface area contributed by atoms with Gasteiger partial charge in [-0.15, -0.1) is 0 Å². The normalized spacial score (nSPS) is 13.0. The van der Waals surface area contributed by atoms with E-state index in [0.29, 0.717) is 0 Å². The highest BCUT2D eigenvalue weighted by Crippen LogP contribution is 2.44. The average Bonchev–Trinajstić information content (AvgIpc) is 3.38. The Bertz CT molecular complexity index is 1130. The molecule has 0 bridgehead atoms. The maximum Gasteiger partial charge on any atom is 0.414 e. The molecule has 1 aliphatic carbocycles. The first kappa shape index (κ1) is 21.1. The first-order valence-electron chi connectivity index (χ1n) is 9.72. The predicted octanol–water partition coefficient (Wildman–Crippen LogP) is 2.21. The minimum Gasteiger partial charge on any atom is -0.479 e. The molecule has 3 aromatic rings. The van der Waals surface area contributed by atoms with Crippen LogP contribution in [0.2, 0.25) is 0 Å². The van der Waals surface area contributed by atoms with E-state index >= 15 is 0 Å². The van der Waals surface area contributed by atoms with Crippen molar-refractivity contribution in [1.82, 2.24) is 10.5 Å². The van der Waals surface area contributed by atoms with Crippen LogP contribution in [0.4, 0.5) is 10.7 Å². The maximum absolute atomic E-state index is 12.2. The number of carbonyl (C=O) groups excluding carboxylic acids is 2. The smallest absolute Gasteiger partial charge is 0.414 e. The Morgan fingerprint density at radius 3 is 2.31 bits per heavy atom. The molecule has 10 heteroatoms. The van der Waals surface area contributed by atoms with Crippen LogP contribution in [0.25, 0.3) is 11.1 Å². The number of aliphatic hydroxyl groups is 1. The van der Waals surface area contributed by atoms with Crippen LogP contribution in [-0.2, 0) is 9.53 Å². The third kappa shape index (κ3) is 4.30. The fourth-order valence-electron chi connectivity index (χ4n) is 3.54. The van der Waals surface area contributed by atoms with Crippen LogP contribution in [0.1, 0.15) is 27.5 Å². The number of carboxylic acids is 1. The van der Waals surface area contributed by atoms with Crippen molar-refractivity contribution in [2.24, 2.45) is 0 Å². The Morgan fingerprint density at radius 1 is 1.06 bits per heavy atom. The van der Waals surface area contributed by atoms with E-state index in [1.807, 2.05) is 48.5 Å². The molecule has 0 saturated heterocycles. The molecule has 0 spiro atoms. The van der Waals surface area contributed by atoms with Gasteiger partial charge in [-0.05, 0) is 22.3 Å². The number of aromatic nitrogens is 1. The van der Waals surface area contributed by atoms with Crippen molar-refractivity contribution < 1.29 is 33.9 Å². The molecular weight excluding hydrogens is 418 g/mol. The molecule has 2 amide bonds. The summed E-state index contributed by atoms with van der Waals surface area (Å²) in [6.45, 7) is -0.398. The SMILES string of the molecule is O=C(Nc1cc(C(=O)NC[C@H](O)C(=O)O)no1)OCC1c2ccccc2-c2ccccc21. The number of hydrogen-bond donors (Lipinski definition) is 4. The standard InChI is InChI=1S/C22H19N3O7/c26-18(21(28)29)10-23-20(27)17-9-19(32-25-17)24-22(30)31-11-16-14-7-3-1-5-12(14)13-6-2-4-8-15(13)16/h1-9,16,18,26H,10-11H2,(H,23,27)(H,24,30)(H,28,29)/t18-/m0/s1. The van der Waals surface area contributed by atoms with Gasteiger partial charge in [0.1, 0.15) is 6.61 Å². The number of aliphatic hydroxyl groups excluding tert-OH is 1. The second kappa shape index (κ2) is 8.90. The van der Waals surface area contributed by atoms with Gasteiger partial charge in [0.25, 0.3) is 5.91 Å². The Labute approximate surface area is 181 Å². The minimum absolute atomic E-state index is 0.106. The number of rotatable bonds is 7. The molecule has 0 unspecified atom stereocenters. The highest BCUT2D eigenvalue weighted by atomic mass is 16.6. The number of hydrogen-bond acceptors (Lipinski definition) is 7. The zero-order valence-corrected chi connectivity index (χ0v) is 16.6. The molecule has 0 radical (unpaired) electrons. The topological polar surface area (TPSA) is 151 Å². The number of carboxylic acid groups (broad SMARTS) is 1. The largest absolute Gasteiger partial charge is 0.479 e. The van der Waals surface area contributed by atoms with E-state index in [1.165, 1.54) is 0 Å². The zero-order chi connectivity index (χ0) is 22.7. The quantitative estimate of drug-likeness (QED) is 0.439. The van der Waals surface area contributed by atoms with Crippen molar-refractivity contribution in [2.45, 2.75) is 12.0 Å². The molecule has 1 heterocycles. The van der Waals surface area contributed by atoms with Crippen LogP contribution < -0.4 is 10.6 Å². The van der Waals surface area contributed by atoms with E-state index in [0.717, 1.165) is 28.3 Å². The monoisotopic (exact) mass is 437 g/mol. The van der Waals surface area contributed by atoms with E-state index in [-0.39, 0.29) is 24.1 Å². The van der Waals surface area contributed by atoms with Gasteiger partial charge in [-0.2, -0.15) is 0 Å². The summed E-state index contributed by atoms with van der Waals surface area (Å²) in [4.78, 5) is 34.7. The number of ether oxygens (including phenoxy) is 1. The van der Waals surface area contributed by atoms with Crippen molar-refractivity contribution in [1.29, 1.82) is 0 Å². The molecule has 2 aromatic carbocycles. The van der Waals surface area contributed by atoms with E-state index in [2.05, 4.69) is 15.8 Å². The summed E-state index contributed by atoms with van der Waals surface area (Å²) in [5.41, 5.74) is 4.16. The fraction of sp³-hybridized carbons (Fsp3) is 0.182. The van der Waals surface area contributed by atoms with Crippen LogP contribution in [0.15, 0.2) is 59.1 Å². The van der Waals surface area contributed by atoms with Gasteiger partial charge < -0.3 is 24.8 Å². The molecule has 0 saturated carbocycles. The van der Waals surface area contributed by atoms with Crippen LogP contribution in [0.3, 0.4) is 0 Å². The molecule has 1 atom stereocenters. The number of aliphatic carboxylic acids is 1. The molecule has 4 N–H and O–H groups in total. The van der Waals surface area contributed by atoms with Crippen molar-refractivity contribution in [3.63, 3.8) is 0 Å². The summed E-state index contributed by atoms with van der Waals surface area (Å²) in [7, 11) is 0. The van der Waals surface area contributed by atoms with Gasteiger partial charge in [0.2, 0.25) is 5.88 Å². The maximum atomic E-state index is 12.2. The highest BCUT2D eigenvalue weighted by Gasteiger charge is 2.29. The minimum atomic E-state index is -1.75. The Hall–Kier alpha value is -4.18. The lowest BCUT2D eigenvalue weighted by Crippen LogP contribution is -2.36. The highest BCUT2D eigenvalue weighted by molar-refractivity contribution is 5.94. The average molecular weight is 437 g/mol.